The molecule has 0 saturated carbocycles. The molecule has 0 aliphatic carbocycles. The number of anilines is 1. The fourth-order valence-electron chi connectivity index (χ4n) is 3.17. The summed E-state index contributed by atoms with van der Waals surface area (Å²) in [7, 11) is -3.99. The number of sulfonamides is 1. The second-order valence-corrected chi connectivity index (χ2v) is 8.85. The van der Waals surface area contributed by atoms with Gasteiger partial charge >= 0.3 is 0 Å². The van der Waals surface area contributed by atoms with E-state index in [-0.39, 0.29) is 11.4 Å². The van der Waals surface area contributed by atoms with Crippen LogP contribution in [0, 0.1) is 6.92 Å². The topological polar surface area (TPSA) is 75.7 Å². The van der Waals surface area contributed by atoms with Gasteiger partial charge in [-0.15, -0.1) is 0 Å². The van der Waals surface area contributed by atoms with Gasteiger partial charge in [0.2, 0.25) is 5.91 Å². The Morgan fingerprint density at radius 3 is 2.39 bits per heavy atom. The molecule has 3 rings (SSSR count). The number of rotatable bonds is 9. The monoisotopic (exact) mass is 438 g/mol. The molecule has 0 atom stereocenters. The van der Waals surface area contributed by atoms with E-state index in [0.29, 0.717) is 24.6 Å². The summed E-state index contributed by atoms with van der Waals surface area (Å²) in [6, 6.07) is 22.7. The fraction of sp³-hybridized carbons (Fsp3) is 0.208. The van der Waals surface area contributed by atoms with Gasteiger partial charge in [0.25, 0.3) is 10.0 Å². The average molecular weight is 439 g/mol. The third-order valence-corrected chi connectivity index (χ3v) is 6.40. The molecule has 162 valence electrons. The summed E-state index contributed by atoms with van der Waals surface area (Å²) in [5, 5.41) is 2.82. The van der Waals surface area contributed by atoms with Gasteiger partial charge in [0.1, 0.15) is 12.3 Å². The van der Waals surface area contributed by atoms with E-state index in [1.54, 1.807) is 42.5 Å². The number of amides is 1. The zero-order valence-corrected chi connectivity index (χ0v) is 18.4. The molecule has 0 heterocycles. The Morgan fingerprint density at radius 2 is 1.68 bits per heavy atom. The van der Waals surface area contributed by atoms with Crippen molar-refractivity contribution in [1.29, 1.82) is 0 Å². The quantitative estimate of drug-likeness (QED) is 0.550. The van der Waals surface area contributed by atoms with E-state index in [9.17, 15) is 13.2 Å². The third-order valence-electron chi connectivity index (χ3n) is 4.62. The number of aryl methyl sites for hydroxylation is 1. The molecular formula is C24H26N2O4S. The van der Waals surface area contributed by atoms with Gasteiger partial charge < -0.3 is 10.1 Å². The van der Waals surface area contributed by atoms with Crippen LogP contribution in [0.2, 0.25) is 0 Å². The predicted molar refractivity (Wildman–Crippen MR) is 122 cm³/mol. The lowest BCUT2D eigenvalue weighted by atomic mass is 10.1. The van der Waals surface area contributed by atoms with Gasteiger partial charge in [0.05, 0.1) is 17.2 Å². The van der Waals surface area contributed by atoms with Crippen LogP contribution in [-0.2, 0) is 21.4 Å². The van der Waals surface area contributed by atoms with Crippen molar-refractivity contribution >= 4 is 21.6 Å². The first-order chi connectivity index (χ1) is 14.9. The van der Waals surface area contributed by atoms with E-state index in [1.807, 2.05) is 38.1 Å². The molecule has 0 radical (unpaired) electrons. The molecule has 1 N–H and O–H groups in total. The van der Waals surface area contributed by atoms with Crippen molar-refractivity contribution in [3.63, 3.8) is 0 Å². The summed E-state index contributed by atoms with van der Waals surface area (Å²) in [6.07, 6.45) is 0. The highest BCUT2D eigenvalue weighted by Gasteiger charge is 2.29. The molecule has 7 heteroatoms. The van der Waals surface area contributed by atoms with E-state index in [1.165, 1.54) is 12.1 Å². The number of nitrogens with zero attached hydrogens (tertiary/aromatic N) is 1. The summed E-state index contributed by atoms with van der Waals surface area (Å²) in [6.45, 7) is 4.11. The van der Waals surface area contributed by atoms with Crippen LogP contribution in [-0.4, -0.2) is 27.5 Å². The summed E-state index contributed by atoms with van der Waals surface area (Å²) in [4.78, 5) is 12.9. The van der Waals surface area contributed by atoms with E-state index < -0.39 is 15.9 Å². The van der Waals surface area contributed by atoms with Crippen LogP contribution in [0.15, 0.2) is 83.8 Å². The lowest BCUT2D eigenvalue weighted by Crippen LogP contribution is -2.40. The Labute approximate surface area is 183 Å². The number of nitrogens with one attached hydrogen (secondary N) is 1. The maximum atomic E-state index is 13.4. The predicted octanol–water partition coefficient (Wildman–Crippen LogP) is 3.91. The smallest absolute Gasteiger partial charge is 0.264 e. The Balaban J connectivity index is 1.90. The number of hydrogen-bond acceptors (Lipinski definition) is 4. The zero-order valence-electron chi connectivity index (χ0n) is 17.6. The Bertz CT molecular complexity index is 1130. The van der Waals surface area contributed by atoms with Gasteiger partial charge in [-0.05, 0) is 43.7 Å². The SMILES string of the molecule is CCOc1ccccc1N(CC(=O)NCc1cccc(C)c1)S(=O)(=O)c1ccccc1. The Kier molecular flexibility index (Phi) is 7.31. The molecule has 0 saturated heterocycles. The van der Waals surface area contributed by atoms with E-state index >= 15 is 0 Å². The van der Waals surface area contributed by atoms with Crippen LogP contribution < -0.4 is 14.4 Å². The van der Waals surface area contributed by atoms with E-state index in [0.717, 1.165) is 15.4 Å². The minimum absolute atomic E-state index is 0.104. The normalized spacial score (nSPS) is 11.0. The molecule has 1 amide bonds. The average Bonchev–Trinajstić information content (AvgIpc) is 2.77. The molecule has 0 spiro atoms. The highest BCUT2D eigenvalue weighted by Crippen LogP contribution is 2.32. The minimum atomic E-state index is -3.99. The number of carbonyl (C=O) groups excluding carboxylic acids is 1. The van der Waals surface area contributed by atoms with Crippen molar-refractivity contribution in [1.82, 2.24) is 5.32 Å². The lowest BCUT2D eigenvalue weighted by Gasteiger charge is -2.26. The van der Waals surface area contributed by atoms with Gasteiger partial charge in [-0.3, -0.25) is 9.10 Å². The van der Waals surface area contributed by atoms with Crippen LogP contribution in [0.5, 0.6) is 5.75 Å². The molecule has 3 aromatic carbocycles. The maximum Gasteiger partial charge on any atom is 0.264 e. The van der Waals surface area contributed by atoms with Crippen molar-refractivity contribution in [3.05, 3.63) is 90.0 Å². The minimum Gasteiger partial charge on any atom is -0.492 e. The van der Waals surface area contributed by atoms with Gasteiger partial charge in [0.15, 0.2) is 0 Å². The number of carbonyl (C=O) groups is 1. The largest absolute Gasteiger partial charge is 0.492 e. The molecule has 3 aromatic rings. The van der Waals surface area contributed by atoms with Gasteiger partial charge in [0, 0.05) is 6.54 Å². The van der Waals surface area contributed by atoms with Crippen molar-refractivity contribution < 1.29 is 17.9 Å². The number of benzene rings is 3. The molecule has 0 aromatic heterocycles. The molecule has 0 unspecified atom stereocenters. The summed E-state index contributed by atoms with van der Waals surface area (Å²) in [5.74, 6) is -0.0108. The fourth-order valence-corrected chi connectivity index (χ4v) is 4.62. The Morgan fingerprint density at radius 1 is 0.968 bits per heavy atom. The summed E-state index contributed by atoms with van der Waals surface area (Å²) in [5.41, 5.74) is 2.35. The lowest BCUT2D eigenvalue weighted by molar-refractivity contribution is -0.119. The second kappa shape index (κ2) is 10.1. The number of hydrogen-bond donors (Lipinski definition) is 1. The van der Waals surface area contributed by atoms with Crippen LogP contribution >= 0.6 is 0 Å². The highest BCUT2D eigenvalue weighted by atomic mass is 32.2. The third kappa shape index (κ3) is 5.64. The van der Waals surface area contributed by atoms with Crippen molar-refractivity contribution in [3.8, 4) is 5.75 Å². The summed E-state index contributed by atoms with van der Waals surface area (Å²) >= 11 is 0. The van der Waals surface area contributed by atoms with Crippen molar-refractivity contribution in [2.45, 2.75) is 25.3 Å². The van der Waals surface area contributed by atoms with Crippen LogP contribution in [0.25, 0.3) is 0 Å². The number of ether oxygens (including phenoxy) is 1. The molecule has 0 aliphatic rings. The molecule has 6 nitrogen and oxygen atoms in total. The zero-order chi connectivity index (χ0) is 22.3. The van der Waals surface area contributed by atoms with Crippen LogP contribution in [0.1, 0.15) is 18.1 Å². The van der Waals surface area contributed by atoms with Crippen molar-refractivity contribution in [2.75, 3.05) is 17.5 Å². The molecule has 0 aliphatic heterocycles. The van der Waals surface area contributed by atoms with Crippen molar-refractivity contribution in [2.24, 2.45) is 0 Å². The number of para-hydroxylation sites is 2. The van der Waals surface area contributed by atoms with Gasteiger partial charge in [-0.25, -0.2) is 8.42 Å². The highest BCUT2D eigenvalue weighted by molar-refractivity contribution is 7.92. The first kappa shape index (κ1) is 22.4. The Hall–Kier alpha value is -3.32. The molecular weight excluding hydrogens is 412 g/mol. The van der Waals surface area contributed by atoms with Gasteiger partial charge in [-0.1, -0.05) is 60.2 Å². The van der Waals surface area contributed by atoms with Gasteiger partial charge in [-0.2, -0.15) is 0 Å². The standard InChI is InChI=1S/C24H26N2O4S/c1-3-30-23-15-8-7-14-22(23)26(31(28,29)21-12-5-4-6-13-21)18-24(27)25-17-20-11-9-10-19(2)16-20/h4-16H,3,17-18H2,1-2H3,(H,25,27). The maximum absolute atomic E-state index is 13.4. The van der Waals surface area contributed by atoms with Crippen LogP contribution in [0.3, 0.4) is 0 Å². The van der Waals surface area contributed by atoms with E-state index in [2.05, 4.69) is 5.32 Å². The van der Waals surface area contributed by atoms with Crippen LogP contribution in [0.4, 0.5) is 5.69 Å². The second-order valence-electron chi connectivity index (χ2n) is 6.99. The first-order valence-corrected chi connectivity index (χ1v) is 11.5. The first-order valence-electron chi connectivity index (χ1n) is 10.0. The summed E-state index contributed by atoms with van der Waals surface area (Å²) < 4.78 is 33.6. The molecule has 0 fully saturated rings. The molecule has 0 bridgehead atoms. The molecule has 31 heavy (non-hydrogen) atoms. The van der Waals surface area contributed by atoms with E-state index in [4.69, 9.17) is 4.74 Å².